The second-order valence-corrected chi connectivity index (χ2v) is 9.61. The SMILES string of the molecule is Cc1ccc(C(=O)Nc2ccc3c(c2)sc(=O)n3C(C)C)cc1NS(C)(=O)=O. The third-order valence-corrected chi connectivity index (χ3v) is 5.69. The number of nitrogens with zero attached hydrogens (tertiary/aromatic N) is 1. The molecule has 28 heavy (non-hydrogen) atoms. The number of hydrogen-bond acceptors (Lipinski definition) is 5. The first kappa shape index (κ1) is 20.1. The van der Waals surface area contributed by atoms with E-state index in [4.69, 9.17) is 0 Å². The number of benzene rings is 2. The van der Waals surface area contributed by atoms with Crippen LogP contribution in [0.3, 0.4) is 0 Å². The van der Waals surface area contributed by atoms with Crippen LogP contribution in [-0.2, 0) is 10.0 Å². The summed E-state index contributed by atoms with van der Waals surface area (Å²) in [6.45, 7) is 5.65. The Hall–Kier alpha value is -2.65. The van der Waals surface area contributed by atoms with Gasteiger partial charge in [0.25, 0.3) is 5.91 Å². The fraction of sp³-hybridized carbons (Fsp3) is 0.263. The van der Waals surface area contributed by atoms with Crippen molar-refractivity contribution in [2.24, 2.45) is 0 Å². The fourth-order valence-electron chi connectivity index (χ4n) is 2.88. The molecule has 0 aliphatic carbocycles. The van der Waals surface area contributed by atoms with E-state index in [1.807, 2.05) is 19.9 Å². The van der Waals surface area contributed by atoms with Gasteiger partial charge in [0.2, 0.25) is 10.0 Å². The van der Waals surface area contributed by atoms with Crippen molar-refractivity contribution in [3.63, 3.8) is 0 Å². The van der Waals surface area contributed by atoms with Gasteiger partial charge in [-0.15, -0.1) is 0 Å². The second kappa shape index (κ2) is 7.40. The predicted octanol–water partition coefficient (Wildman–Crippen LogP) is 3.58. The third-order valence-electron chi connectivity index (χ3n) is 4.18. The number of anilines is 2. The van der Waals surface area contributed by atoms with Crippen LogP contribution >= 0.6 is 11.3 Å². The first-order valence-electron chi connectivity index (χ1n) is 8.60. The van der Waals surface area contributed by atoms with E-state index in [9.17, 15) is 18.0 Å². The molecule has 0 fully saturated rings. The maximum Gasteiger partial charge on any atom is 0.308 e. The summed E-state index contributed by atoms with van der Waals surface area (Å²) in [6.07, 6.45) is 1.06. The molecule has 3 rings (SSSR count). The van der Waals surface area contributed by atoms with E-state index < -0.39 is 10.0 Å². The van der Waals surface area contributed by atoms with Crippen LogP contribution in [0.25, 0.3) is 10.2 Å². The highest BCUT2D eigenvalue weighted by Gasteiger charge is 2.14. The number of carbonyl (C=O) groups excluding carboxylic acids is 1. The minimum Gasteiger partial charge on any atom is -0.322 e. The minimum absolute atomic E-state index is 0.0384. The Labute approximate surface area is 167 Å². The van der Waals surface area contributed by atoms with Gasteiger partial charge in [0.15, 0.2) is 0 Å². The molecule has 0 aliphatic rings. The first-order valence-corrected chi connectivity index (χ1v) is 11.3. The summed E-state index contributed by atoms with van der Waals surface area (Å²) in [5.74, 6) is -0.369. The maximum atomic E-state index is 12.6. The number of nitrogens with one attached hydrogen (secondary N) is 2. The molecule has 1 aromatic heterocycles. The Kier molecular flexibility index (Phi) is 5.31. The summed E-state index contributed by atoms with van der Waals surface area (Å²) in [4.78, 5) is 24.7. The summed E-state index contributed by atoms with van der Waals surface area (Å²) < 4.78 is 27.9. The van der Waals surface area contributed by atoms with E-state index in [-0.39, 0.29) is 16.8 Å². The van der Waals surface area contributed by atoms with Crippen molar-refractivity contribution >= 4 is 48.9 Å². The molecule has 3 aromatic rings. The molecule has 0 saturated carbocycles. The molecule has 2 N–H and O–H groups in total. The maximum absolute atomic E-state index is 12.6. The highest BCUT2D eigenvalue weighted by Crippen LogP contribution is 2.25. The standard InChI is InChI=1S/C19H21N3O4S2/c1-11(2)22-16-8-7-14(10-17(16)27-19(22)24)20-18(23)13-6-5-12(3)15(9-13)21-28(4,25)26/h5-11,21H,1-4H3,(H,20,23). The lowest BCUT2D eigenvalue weighted by Gasteiger charge is -2.11. The predicted molar refractivity (Wildman–Crippen MR) is 114 cm³/mol. The summed E-state index contributed by atoms with van der Waals surface area (Å²) >= 11 is 1.13. The molecule has 0 bridgehead atoms. The smallest absolute Gasteiger partial charge is 0.308 e. The van der Waals surface area contributed by atoms with Crippen LogP contribution < -0.4 is 14.9 Å². The molecule has 0 spiro atoms. The highest BCUT2D eigenvalue weighted by molar-refractivity contribution is 7.92. The van der Waals surface area contributed by atoms with Gasteiger partial charge in [-0.25, -0.2) is 8.42 Å². The molecule has 2 aromatic carbocycles. The number of thiazole rings is 1. The van der Waals surface area contributed by atoms with Crippen molar-refractivity contribution in [3.8, 4) is 0 Å². The van der Waals surface area contributed by atoms with E-state index in [2.05, 4.69) is 10.0 Å². The number of aromatic nitrogens is 1. The second-order valence-electron chi connectivity index (χ2n) is 6.87. The number of aryl methyl sites for hydroxylation is 1. The van der Waals surface area contributed by atoms with Crippen LogP contribution in [0.15, 0.2) is 41.2 Å². The Morgan fingerprint density at radius 1 is 1.14 bits per heavy atom. The fourth-order valence-corrected chi connectivity index (χ4v) is 4.55. The van der Waals surface area contributed by atoms with Gasteiger partial charge in [0.05, 0.1) is 22.2 Å². The van der Waals surface area contributed by atoms with Gasteiger partial charge >= 0.3 is 4.87 Å². The van der Waals surface area contributed by atoms with Crippen LogP contribution in [0.2, 0.25) is 0 Å². The summed E-state index contributed by atoms with van der Waals surface area (Å²) in [5.41, 5.74) is 2.79. The molecule has 148 valence electrons. The lowest BCUT2D eigenvalue weighted by Crippen LogP contribution is -2.15. The number of carbonyl (C=O) groups is 1. The average Bonchev–Trinajstić information content (AvgIpc) is 2.90. The number of hydrogen-bond donors (Lipinski definition) is 2. The van der Waals surface area contributed by atoms with Gasteiger partial charge in [-0.05, 0) is 56.7 Å². The largest absolute Gasteiger partial charge is 0.322 e. The summed E-state index contributed by atoms with van der Waals surface area (Å²) in [7, 11) is -3.45. The molecular weight excluding hydrogens is 398 g/mol. The molecule has 0 aliphatic heterocycles. The molecule has 1 heterocycles. The van der Waals surface area contributed by atoms with E-state index in [0.29, 0.717) is 22.5 Å². The van der Waals surface area contributed by atoms with Gasteiger partial charge in [-0.3, -0.25) is 18.9 Å². The quantitative estimate of drug-likeness (QED) is 0.661. The minimum atomic E-state index is -3.45. The van der Waals surface area contributed by atoms with E-state index >= 15 is 0 Å². The van der Waals surface area contributed by atoms with Crippen LogP contribution in [0, 0.1) is 6.92 Å². The van der Waals surface area contributed by atoms with E-state index in [0.717, 1.165) is 27.8 Å². The average molecular weight is 420 g/mol. The zero-order valence-corrected chi connectivity index (χ0v) is 17.6. The number of amides is 1. The van der Waals surface area contributed by atoms with Crippen molar-refractivity contribution < 1.29 is 13.2 Å². The van der Waals surface area contributed by atoms with Crippen molar-refractivity contribution in [2.75, 3.05) is 16.3 Å². The van der Waals surface area contributed by atoms with Crippen LogP contribution in [0.1, 0.15) is 35.8 Å². The Bertz CT molecular complexity index is 1220. The van der Waals surface area contributed by atoms with Crippen LogP contribution in [0.4, 0.5) is 11.4 Å². The molecule has 0 atom stereocenters. The van der Waals surface area contributed by atoms with Gasteiger partial charge in [-0.2, -0.15) is 0 Å². The molecule has 7 nitrogen and oxygen atoms in total. The lowest BCUT2D eigenvalue weighted by molar-refractivity contribution is 0.102. The molecule has 0 unspecified atom stereocenters. The summed E-state index contributed by atoms with van der Waals surface area (Å²) in [6, 6.07) is 10.2. The van der Waals surface area contributed by atoms with Crippen molar-refractivity contribution in [1.82, 2.24) is 4.57 Å². The topological polar surface area (TPSA) is 97.3 Å². The zero-order chi connectivity index (χ0) is 20.6. The third kappa shape index (κ3) is 4.26. The van der Waals surface area contributed by atoms with Crippen LogP contribution in [0.5, 0.6) is 0 Å². The van der Waals surface area contributed by atoms with Crippen molar-refractivity contribution in [3.05, 3.63) is 57.2 Å². The molecule has 9 heteroatoms. The van der Waals surface area contributed by atoms with E-state index in [1.54, 1.807) is 35.8 Å². The van der Waals surface area contributed by atoms with E-state index in [1.165, 1.54) is 6.07 Å². The zero-order valence-electron chi connectivity index (χ0n) is 15.9. The van der Waals surface area contributed by atoms with Gasteiger partial charge < -0.3 is 5.32 Å². The lowest BCUT2D eigenvalue weighted by atomic mass is 10.1. The number of sulfonamides is 1. The number of rotatable bonds is 5. The van der Waals surface area contributed by atoms with Gasteiger partial charge in [-0.1, -0.05) is 17.4 Å². The monoisotopic (exact) mass is 419 g/mol. The summed E-state index contributed by atoms with van der Waals surface area (Å²) in [5, 5.41) is 2.80. The first-order chi connectivity index (χ1) is 13.0. The molecule has 0 radical (unpaired) electrons. The number of fused-ring (bicyclic) bond motifs is 1. The van der Waals surface area contributed by atoms with Gasteiger partial charge in [0.1, 0.15) is 0 Å². The normalized spacial score (nSPS) is 11.8. The van der Waals surface area contributed by atoms with Crippen molar-refractivity contribution in [1.29, 1.82) is 0 Å². The Morgan fingerprint density at radius 3 is 2.50 bits per heavy atom. The molecule has 0 saturated heterocycles. The molecular formula is C19H21N3O4S2. The molecule has 1 amide bonds. The Morgan fingerprint density at radius 2 is 1.86 bits per heavy atom. The Balaban J connectivity index is 1.89. The van der Waals surface area contributed by atoms with Gasteiger partial charge in [0, 0.05) is 17.3 Å². The van der Waals surface area contributed by atoms with Crippen molar-refractivity contribution in [2.45, 2.75) is 26.8 Å². The highest BCUT2D eigenvalue weighted by atomic mass is 32.2. The van der Waals surface area contributed by atoms with Crippen LogP contribution in [-0.4, -0.2) is 25.1 Å².